The summed E-state index contributed by atoms with van der Waals surface area (Å²) in [6.45, 7) is 0. The third-order valence-electron chi connectivity index (χ3n) is 6.20. The maximum atomic E-state index is 6.69. The second-order valence-corrected chi connectivity index (χ2v) is 8.34. The van der Waals surface area contributed by atoms with Crippen LogP contribution in [0.5, 0.6) is 0 Å². The summed E-state index contributed by atoms with van der Waals surface area (Å²) < 4.78 is 0. The van der Waals surface area contributed by atoms with Crippen molar-refractivity contribution in [2.24, 2.45) is 28.9 Å². The third kappa shape index (κ3) is 2.17. The number of hydrogen-bond donors (Lipinski definition) is 1. The second kappa shape index (κ2) is 4.60. The molecule has 4 bridgehead atoms. The van der Waals surface area contributed by atoms with Gasteiger partial charge < -0.3 is 5.73 Å². The molecule has 5 rings (SSSR count). The molecule has 2 heteroatoms. The molecule has 4 saturated carbocycles. The van der Waals surface area contributed by atoms with Crippen molar-refractivity contribution in [3.63, 3.8) is 0 Å². The van der Waals surface area contributed by atoms with Crippen LogP contribution in [0.2, 0.25) is 0 Å². The molecule has 0 saturated heterocycles. The Kier molecular flexibility index (Phi) is 3.00. The minimum Gasteiger partial charge on any atom is -0.327 e. The first-order valence-electron chi connectivity index (χ1n) is 8.00. The lowest BCUT2D eigenvalue weighted by molar-refractivity contribution is -0.0680. The summed E-state index contributed by atoms with van der Waals surface area (Å²) in [6, 6.07) is 2.71. The molecule has 19 heavy (non-hydrogen) atoms. The smallest absolute Gasteiger partial charge is 0.00990 e. The maximum Gasteiger partial charge on any atom is 0.00990 e. The van der Waals surface area contributed by atoms with Gasteiger partial charge in [0.2, 0.25) is 0 Å². The number of thiophene rings is 1. The Hall–Kier alpha value is -0.340. The lowest BCUT2D eigenvalue weighted by Gasteiger charge is -2.59. The van der Waals surface area contributed by atoms with Crippen molar-refractivity contribution in [3.8, 4) is 0 Å². The van der Waals surface area contributed by atoms with Crippen LogP contribution in [0.1, 0.15) is 50.5 Å². The van der Waals surface area contributed by atoms with Gasteiger partial charge in [-0.3, -0.25) is 0 Å². The molecule has 0 radical (unpaired) electrons. The normalized spacial score (nSPS) is 41.6. The van der Waals surface area contributed by atoms with Crippen LogP contribution in [0.3, 0.4) is 0 Å². The van der Waals surface area contributed by atoms with Crippen LogP contribution >= 0.6 is 11.3 Å². The van der Waals surface area contributed by atoms with E-state index in [-0.39, 0.29) is 0 Å². The molecule has 1 aromatic rings. The van der Waals surface area contributed by atoms with Gasteiger partial charge in [-0.05, 0) is 96.9 Å². The third-order valence-corrected chi connectivity index (χ3v) is 6.93. The first-order chi connectivity index (χ1) is 9.23. The highest BCUT2D eigenvalue weighted by molar-refractivity contribution is 7.07. The lowest BCUT2D eigenvalue weighted by Crippen LogP contribution is -2.54. The molecule has 1 nitrogen and oxygen atoms in total. The van der Waals surface area contributed by atoms with E-state index in [4.69, 9.17) is 5.73 Å². The van der Waals surface area contributed by atoms with Crippen molar-refractivity contribution < 1.29 is 0 Å². The van der Waals surface area contributed by atoms with Gasteiger partial charge in [-0.2, -0.15) is 11.3 Å². The molecule has 0 aromatic carbocycles. The topological polar surface area (TPSA) is 26.0 Å². The fourth-order valence-electron chi connectivity index (χ4n) is 5.70. The van der Waals surface area contributed by atoms with Crippen LogP contribution in [-0.2, 0) is 6.42 Å². The molecule has 0 spiro atoms. The highest BCUT2D eigenvalue weighted by atomic mass is 32.1. The highest BCUT2D eigenvalue weighted by Crippen LogP contribution is 2.61. The average molecular weight is 275 g/mol. The van der Waals surface area contributed by atoms with Gasteiger partial charge in [0.25, 0.3) is 0 Å². The first-order valence-corrected chi connectivity index (χ1v) is 8.94. The second-order valence-electron chi connectivity index (χ2n) is 7.56. The fourth-order valence-corrected chi connectivity index (χ4v) is 6.40. The zero-order valence-corrected chi connectivity index (χ0v) is 12.5. The minimum absolute atomic E-state index is 0.445. The van der Waals surface area contributed by atoms with Crippen LogP contribution in [0, 0.1) is 23.2 Å². The quantitative estimate of drug-likeness (QED) is 0.874. The van der Waals surface area contributed by atoms with Gasteiger partial charge in [-0.25, -0.2) is 0 Å². The van der Waals surface area contributed by atoms with Crippen LogP contribution in [0.15, 0.2) is 16.8 Å². The largest absolute Gasteiger partial charge is 0.327 e. The van der Waals surface area contributed by atoms with Gasteiger partial charge in [-0.15, -0.1) is 0 Å². The molecular weight excluding hydrogens is 250 g/mol. The minimum atomic E-state index is 0.445. The summed E-state index contributed by atoms with van der Waals surface area (Å²) in [7, 11) is 0. The summed E-state index contributed by atoms with van der Waals surface area (Å²) in [5.41, 5.74) is 8.72. The Morgan fingerprint density at radius 3 is 2.32 bits per heavy atom. The van der Waals surface area contributed by atoms with E-state index in [0.29, 0.717) is 11.5 Å². The number of rotatable bonds is 4. The molecule has 2 N–H and O–H groups in total. The van der Waals surface area contributed by atoms with Gasteiger partial charge >= 0.3 is 0 Å². The van der Waals surface area contributed by atoms with Gasteiger partial charge in [0.05, 0.1) is 0 Å². The molecule has 4 aliphatic rings. The van der Waals surface area contributed by atoms with Crippen molar-refractivity contribution >= 4 is 11.3 Å². The summed E-state index contributed by atoms with van der Waals surface area (Å²) in [4.78, 5) is 0. The predicted octanol–water partition coefficient (Wildman–Crippen LogP) is 4.22. The monoisotopic (exact) mass is 275 g/mol. The summed E-state index contributed by atoms with van der Waals surface area (Å²) >= 11 is 1.81. The van der Waals surface area contributed by atoms with Crippen molar-refractivity contribution in [3.05, 3.63) is 22.4 Å². The Labute approximate surface area is 120 Å². The van der Waals surface area contributed by atoms with Crippen molar-refractivity contribution in [1.82, 2.24) is 0 Å². The van der Waals surface area contributed by atoms with Crippen LogP contribution < -0.4 is 5.73 Å². The lowest BCUT2D eigenvalue weighted by atomic mass is 9.47. The van der Waals surface area contributed by atoms with Gasteiger partial charge in [0.15, 0.2) is 0 Å². The summed E-state index contributed by atoms with van der Waals surface area (Å²) in [5.74, 6) is 3.08. The molecule has 1 unspecified atom stereocenters. The standard InChI is InChI=1S/C17H25NS/c18-16(2-1-12-3-4-19-11-12)17-8-13-5-14(9-17)7-15(6-13)10-17/h3-4,11,13-16H,1-2,5-10,18H2. The zero-order chi connectivity index (χ0) is 12.9. The Balaban J connectivity index is 1.45. The Morgan fingerprint density at radius 1 is 1.16 bits per heavy atom. The van der Waals surface area contributed by atoms with E-state index < -0.39 is 0 Å². The molecule has 4 fully saturated rings. The molecule has 4 aliphatic carbocycles. The van der Waals surface area contributed by atoms with Crippen LogP contribution in [-0.4, -0.2) is 6.04 Å². The van der Waals surface area contributed by atoms with Crippen LogP contribution in [0.25, 0.3) is 0 Å². The van der Waals surface area contributed by atoms with Gasteiger partial charge in [-0.1, -0.05) is 0 Å². The van der Waals surface area contributed by atoms with E-state index >= 15 is 0 Å². The zero-order valence-electron chi connectivity index (χ0n) is 11.7. The number of nitrogens with two attached hydrogens (primary N) is 1. The first kappa shape index (κ1) is 12.4. The summed E-state index contributed by atoms with van der Waals surface area (Å²) in [5, 5.41) is 4.47. The van der Waals surface area contributed by atoms with Gasteiger partial charge in [0.1, 0.15) is 0 Å². The number of hydrogen-bond acceptors (Lipinski definition) is 2. The molecule has 1 heterocycles. The molecule has 1 aromatic heterocycles. The van der Waals surface area contributed by atoms with E-state index in [0.717, 1.165) is 17.8 Å². The SMILES string of the molecule is NC(CCc1ccsc1)C12CC3CC(CC(C3)C1)C2. The fraction of sp³-hybridized carbons (Fsp3) is 0.765. The predicted molar refractivity (Wildman–Crippen MR) is 81.2 cm³/mol. The molecule has 0 amide bonds. The average Bonchev–Trinajstić information content (AvgIpc) is 2.87. The van der Waals surface area contributed by atoms with Crippen molar-refractivity contribution in [2.75, 3.05) is 0 Å². The molecule has 1 atom stereocenters. The number of aryl methyl sites for hydroxylation is 1. The molecular formula is C17H25NS. The molecule has 104 valence electrons. The van der Waals surface area contributed by atoms with E-state index in [1.807, 2.05) is 11.3 Å². The van der Waals surface area contributed by atoms with E-state index in [1.165, 1.54) is 56.9 Å². The van der Waals surface area contributed by atoms with E-state index in [1.54, 1.807) is 0 Å². The Morgan fingerprint density at radius 2 is 1.79 bits per heavy atom. The van der Waals surface area contributed by atoms with E-state index in [9.17, 15) is 0 Å². The van der Waals surface area contributed by atoms with Crippen molar-refractivity contribution in [2.45, 2.75) is 57.4 Å². The summed E-state index contributed by atoms with van der Waals surface area (Å²) in [6.07, 6.45) is 11.3. The molecule has 0 aliphatic heterocycles. The van der Waals surface area contributed by atoms with Crippen molar-refractivity contribution in [1.29, 1.82) is 0 Å². The maximum absolute atomic E-state index is 6.69. The Bertz CT molecular complexity index is 401. The highest BCUT2D eigenvalue weighted by Gasteiger charge is 2.52. The van der Waals surface area contributed by atoms with Crippen LogP contribution in [0.4, 0.5) is 0 Å². The van der Waals surface area contributed by atoms with Gasteiger partial charge in [0, 0.05) is 6.04 Å². The van der Waals surface area contributed by atoms with E-state index in [2.05, 4.69) is 16.8 Å².